The molecule has 0 spiro atoms. The van der Waals surface area contributed by atoms with Crippen LogP contribution in [0.25, 0.3) is 0 Å². The van der Waals surface area contributed by atoms with E-state index in [-0.39, 0.29) is 11.3 Å². The number of carboxylic acids is 1. The van der Waals surface area contributed by atoms with Crippen molar-refractivity contribution in [3.05, 3.63) is 29.3 Å². The van der Waals surface area contributed by atoms with Crippen molar-refractivity contribution in [3.8, 4) is 0 Å². The van der Waals surface area contributed by atoms with Gasteiger partial charge in [-0.1, -0.05) is 6.92 Å². The molecule has 20 heavy (non-hydrogen) atoms. The van der Waals surface area contributed by atoms with E-state index in [9.17, 15) is 18.0 Å². The molecule has 112 valence electrons. The number of alkyl halides is 3. The van der Waals surface area contributed by atoms with Crippen molar-refractivity contribution in [1.29, 1.82) is 0 Å². The van der Waals surface area contributed by atoms with Gasteiger partial charge in [0.2, 0.25) is 0 Å². The molecular weight excluding hydrogens is 291 g/mol. The summed E-state index contributed by atoms with van der Waals surface area (Å²) >= 11 is 1.67. The zero-order chi connectivity index (χ0) is 15.3. The summed E-state index contributed by atoms with van der Waals surface area (Å²) in [4.78, 5) is 11.0. The standard InChI is InChI=1S/C13H16F3NO2S/c1-8(20-2)5-6-17-11-4-3-9(13(14,15)16)7-10(11)12(18)19/h3-4,7-8,17H,5-6H2,1-2H3,(H,18,19). The molecule has 2 N–H and O–H groups in total. The molecule has 3 nitrogen and oxygen atoms in total. The zero-order valence-electron chi connectivity index (χ0n) is 11.1. The van der Waals surface area contributed by atoms with Crippen molar-refractivity contribution < 1.29 is 23.1 Å². The minimum absolute atomic E-state index is 0.207. The van der Waals surface area contributed by atoms with E-state index in [1.165, 1.54) is 0 Å². The highest BCUT2D eigenvalue weighted by Crippen LogP contribution is 2.32. The van der Waals surface area contributed by atoms with Gasteiger partial charge in [0, 0.05) is 17.5 Å². The second kappa shape index (κ2) is 6.88. The van der Waals surface area contributed by atoms with Gasteiger partial charge in [-0.15, -0.1) is 0 Å². The second-order valence-corrected chi connectivity index (χ2v) is 5.60. The highest BCUT2D eigenvalue weighted by molar-refractivity contribution is 7.99. The number of thioether (sulfide) groups is 1. The number of anilines is 1. The van der Waals surface area contributed by atoms with E-state index in [1.807, 2.05) is 13.2 Å². The molecule has 1 atom stereocenters. The zero-order valence-corrected chi connectivity index (χ0v) is 11.9. The summed E-state index contributed by atoms with van der Waals surface area (Å²) in [5.41, 5.74) is -1.12. The van der Waals surface area contributed by atoms with Gasteiger partial charge in [0.1, 0.15) is 0 Å². The molecule has 0 fully saturated rings. The molecule has 0 saturated heterocycles. The van der Waals surface area contributed by atoms with Crippen molar-refractivity contribution in [2.75, 3.05) is 18.1 Å². The average molecular weight is 307 g/mol. The van der Waals surface area contributed by atoms with Crippen molar-refractivity contribution in [2.24, 2.45) is 0 Å². The molecule has 0 aliphatic heterocycles. The van der Waals surface area contributed by atoms with Gasteiger partial charge < -0.3 is 10.4 Å². The molecule has 0 aliphatic carbocycles. The molecule has 0 saturated carbocycles. The number of aromatic carboxylic acids is 1. The molecule has 0 aliphatic rings. The third-order valence-corrected chi connectivity index (χ3v) is 3.89. The van der Waals surface area contributed by atoms with E-state index in [4.69, 9.17) is 5.11 Å². The van der Waals surface area contributed by atoms with Gasteiger partial charge in [-0.25, -0.2) is 4.79 Å². The Kier molecular flexibility index (Phi) is 5.74. The Bertz CT molecular complexity index is 477. The van der Waals surface area contributed by atoms with E-state index in [2.05, 4.69) is 5.32 Å². The first-order chi connectivity index (χ1) is 9.25. The Morgan fingerprint density at radius 1 is 1.45 bits per heavy atom. The van der Waals surface area contributed by atoms with Crippen molar-refractivity contribution in [2.45, 2.75) is 24.8 Å². The molecule has 7 heteroatoms. The van der Waals surface area contributed by atoms with Gasteiger partial charge in [-0.2, -0.15) is 24.9 Å². The number of carbonyl (C=O) groups is 1. The van der Waals surface area contributed by atoms with Crippen LogP contribution in [0.15, 0.2) is 18.2 Å². The first-order valence-electron chi connectivity index (χ1n) is 5.97. The fourth-order valence-electron chi connectivity index (χ4n) is 1.58. The number of nitrogens with one attached hydrogen (secondary N) is 1. The van der Waals surface area contributed by atoms with Crippen LogP contribution in [0.1, 0.15) is 29.3 Å². The first-order valence-corrected chi connectivity index (χ1v) is 7.25. The number of rotatable bonds is 6. The van der Waals surface area contributed by atoms with Gasteiger partial charge in [-0.05, 0) is 30.9 Å². The summed E-state index contributed by atoms with van der Waals surface area (Å²) in [6.45, 7) is 2.53. The Labute approximate surface area is 119 Å². The lowest BCUT2D eigenvalue weighted by atomic mass is 10.1. The van der Waals surface area contributed by atoms with Gasteiger partial charge in [0.15, 0.2) is 0 Å². The van der Waals surface area contributed by atoms with E-state index in [0.717, 1.165) is 18.6 Å². The molecular formula is C13H16F3NO2S. The van der Waals surface area contributed by atoms with Crippen molar-refractivity contribution in [3.63, 3.8) is 0 Å². The minimum atomic E-state index is -4.55. The van der Waals surface area contributed by atoms with Crippen molar-refractivity contribution in [1.82, 2.24) is 0 Å². The molecule has 0 bridgehead atoms. The summed E-state index contributed by atoms with van der Waals surface area (Å²) in [7, 11) is 0. The lowest BCUT2D eigenvalue weighted by Gasteiger charge is -2.14. The Morgan fingerprint density at radius 3 is 2.60 bits per heavy atom. The predicted octanol–water partition coefficient (Wildman–Crippen LogP) is 3.96. The SMILES string of the molecule is CSC(C)CCNc1ccc(C(F)(F)F)cc1C(=O)O. The summed E-state index contributed by atoms with van der Waals surface area (Å²) in [5, 5.41) is 12.3. The monoisotopic (exact) mass is 307 g/mol. The van der Waals surface area contributed by atoms with Crippen LogP contribution in [0, 0.1) is 0 Å². The summed E-state index contributed by atoms with van der Waals surface area (Å²) < 4.78 is 37.7. The molecule has 0 heterocycles. The molecule has 1 rings (SSSR count). The van der Waals surface area contributed by atoms with Crippen LogP contribution in [0.4, 0.5) is 18.9 Å². The number of hydrogen-bond acceptors (Lipinski definition) is 3. The Hall–Kier alpha value is -1.37. The average Bonchev–Trinajstić information content (AvgIpc) is 2.37. The quantitative estimate of drug-likeness (QED) is 0.835. The summed E-state index contributed by atoms with van der Waals surface area (Å²) in [5.74, 6) is -1.38. The fourth-order valence-corrected chi connectivity index (χ4v) is 1.93. The summed E-state index contributed by atoms with van der Waals surface area (Å²) in [6.07, 6.45) is -1.79. The predicted molar refractivity (Wildman–Crippen MR) is 74.5 cm³/mol. The lowest BCUT2D eigenvalue weighted by molar-refractivity contribution is -0.137. The smallest absolute Gasteiger partial charge is 0.416 e. The van der Waals surface area contributed by atoms with E-state index >= 15 is 0 Å². The molecule has 1 aromatic rings. The summed E-state index contributed by atoms with van der Waals surface area (Å²) in [6, 6.07) is 2.70. The number of carboxylic acid groups (broad SMARTS) is 1. The van der Waals surface area contributed by atoms with Crippen LogP contribution < -0.4 is 5.32 Å². The highest BCUT2D eigenvalue weighted by atomic mass is 32.2. The maximum Gasteiger partial charge on any atom is 0.416 e. The van der Waals surface area contributed by atoms with Crippen LogP contribution >= 0.6 is 11.8 Å². The topological polar surface area (TPSA) is 49.3 Å². The van der Waals surface area contributed by atoms with Crippen LogP contribution in [-0.2, 0) is 6.18 Å². The highest BCUT2D eigenvalue weighted by Gasteiger charge is 2.31. The largest absolute Gasteiger partial charge is 0.478 e. The van der Waals surface area contributed by atoms with E-state index in [1.54, 1.807) is 11.8 Å². The molecule has 1 aromatic carbocycles. The fraction of sp³-hybridized carbons (Fsp3) is 0.462. The van der Waals surface area contributed by atoms with Crippen molar-refractivity contribution >= 4 is 23.4 Å². The van der Waals surface area contributed by atoms with E-state index in [0.29, 0.717) is 17.9 Å². The second-order valence-electron chi connectivity index (χ2n) is 4.33. The lowest BCUT2D eigenvalue weighted by Crippen LogP contribution is -2.13. The van der Waals surface area contributed by atoms with Gasteiger partial charge in [0.25, 0.3) is 0 Å². The molecule has 0 radical (unpaired) electrons. The molecule has 0 aromatic heterocycles. The Morgan fingerprint density at radius 2 is 2.10 bits per heavy atom. The van der Waals surface area contributed by atoms with Crippen LogP contribution in [0.3, 0.4) is 0 Å². The van der Waals surface area contributed by atoms with Gasteiger partial charge in [0.05, 0.1) is 11.1 Å². The maximum absolute atomic E-state index is 12.6. The van der Waals surface area contributed by atoms with Gasteiger partial charge >= 0.3 is 12.1 Å². The minimum Gasteiger partial charge on any atom is -0.478 e. The van der Waals surface area contributed by atoms with Crippen LogP contribution in [0.5, 0.6) is 0 Å². The maximum atomic E-state index is 12.6. The van der Waals surface area contributed by atoms with E-state index < -0.39 is 17.7 Å². The third kappa shape index (κ3) is 4.63. The third-order valence-electron chi connectivity index (χ3n) is 2.85. The molecule has 1 unspecified atom stereocenters. The molecule has 0 amide bonds. The van der Waals surface area contributed by atoms with Gasteiger partial charge in [-0.3, -0.25) is 0 Å². The first kappa shape index (κ1) is 16.7. The van der Waals surface area contributed by atoms with Crippen LogP contribution in [-0.4, -0.2) is 29.1 Å². The van der Waals surface area contributed by atoms with Crippen LogP contribution in [0.2, 0.25) is 0 Å². The Balaban J connectivity index is 2.88. The number of halogens is 3. The number of benzene rings is 1. The number of hydrogen-bond donors (Lipinski definition) is 2. The normalized spacial score (nSPS) is 13.1.